The van der Waals surface area contributed by atoms with Gasteiger partial charge in [-0.15, -0.1) is 0 Å². The van der Waals surface area contributed by atoms with E-state index >= 15 is 0 Å². The van der Waals surface area contributed by atoms with Crippen molar-refractivity contribution in [2.75, 3.05) is 6.79 Å². The Bertz CT molecular complexity index is 585. The van der Waals surface area contributed by atoms with Gasteiger partial charge in [0, 0.05) is 36.3 Å². The molecule has 0 aliphatic heterocycles. The maximum Gasteiger partial charge on any atom is 0.331 e. The lowest BCUT2D eigenvalue weighted by Crippen LogP contribution is -2.43. The third-order valence-electron chi connectivity index (χ3n) is 2.72. The number of hydrogen-bond acceptors (Lipinski definition) is 6. The molecule has 0 fully saturated rings. The van der Waals surface area contributed by atoms with Gasteiger partial charge in [0.05, 0.1) is 6.33 Å². The van der Waals surface area contributed by atoms with E-state index in [9.17, 15) is 9.59 Å². The number of aromatic amines is 1. The third kappa shape index (κ3) is 4.11. The van der Waals surface area contributed by atoms with E-state index in [1.54, 1.807) is 0 Å². The Labute approximate surface area is 120 Å². The summed E-state index contributed by atoms with van der Waals surface area (Å²) in [5.74, 6) is -1.16. The fourth-order valence-electron chi connectivity index (χ4n) is 1.72. The number of aromatic nitrogens is 3. The van der Waals surface area contributed by atoms with Gasteiger partial charge in [-0.2, -0.15) is 0 Å². The summed E-state index contributed by atoms with van der Waals surface area (Å²) in [4.78, 5) is 34.3. The molecule has 2 heterocycles. The molecule has 0 aliphatic carbocycles. The van der Waals surface area contributed by atoms with Crippen LogP contribution >= 0.6 is 0 Å². The Kier molecular flexibility index (Phi) is 4.99. The predicted octanol–water partition coefficient (Wildman–Crippen LogP) is -0.361. The summed E-state index contributed by atoms with van der Waals surface area (Å²) in [5, 5.41) is 11.2. The zero-order valence-corrected chi connectivity index (χ0v) is 11.0. The lowest BCUT2D eigenvalue weighted by atomic mass is 10.1. The van der Waals surface area contributed by atoms with Crippen LogP contribution in [0.15, 0.2) is 37.1 Å². The number of pyridine rings is 1. The molecule has 0 radical (unpaired) electrons. The lowest BCUT2D eigenvalue weighted by Gasteiger charge is -2.16. The molecule has 21 heavy (non-hydrogen) atoms. The van der Waals surface area contributed by atoms with Crippen LogP contribution in [-0.4, -0.2) is 44.8 Å². The Hall–Kier alpha value is -2.74. The van der Waals surface area contributed by atoms with E-state index < -0.39 is 24.7 Å². The number of amides is 1. The van der Waals surface area contributed by atoms with Crippen LogP contribution in [0.2, 0.25) is 0 Å². The normalized spacial score (nSPS) is 11.7. The second-order valence-corrected chi connectivity index (χ2v) is 4.14. The highest BCUT2D eigenvalue weighted by molar-refractivity contribution is 5.96. The van der Waals surface area contributed by atoms with E-state index in [2.05, 4.69) is 25.0 Å². The molecule has 8 nitrogen and oxygen atoms in total. The van der Waals surface area contributed by atoms with Crippen LogP contribution in [0, 0.1) is 0 Å². The zero-order valence-electron chi connectivity index (χ0n) is 11.0. The van der Waals surface area contributed by atoms with Crippen LogP contribution in [0.25, 0.3) is 0 Å². The number of aliphatic hydroxyl groups excluding tert-OH is 1. The average Bonchev–Trinajstić information content (AvgIpc) is 3.00. The number of nitrogens with one attached hydrogen (secondary N) is 2. The predicted molar refractivity (Wildman–Crippen MR) is 71.0 cm³/mol. The van der Waals surface area contributed by atoms with Gasteiger partial charge in [-0.3, -0.25) is 9.78 Å². The van der Waals surface area contributed by atoms with E-state index in [1.165, 1.54) is 37.1 Å². The first-order chi connectivity index (χ1) is 10.2. The Morgan fingerprint density at radius 3 is 2.71 bits per heavy atom. The van der Waals surface area contributed by atoms with Gasteiger partial charge in [0.15, 0.2) is 6.79 Å². The molecule has 110 valence electrons. The molecule has 3 N–H and O–H groups in total. The smallest absolute Gasteiger partial charge is 0.331 e. The first kappa shape index (κ1) is 14.7. The van der Waals surface area contributed by atoms with Crippen LogP contribution in [0.3, 0.4) is 0 Å². The van der Waals surface area contributed by atoms with Crippen molar-refractivity contribution in [3.05, 3.63) is 48.3 Å². The maximum absolute atomic E-state index is 12.1. The first-order valence-electron chi connectivity index (χ1n) is 6.16. The number of esters is 1. The van der Waals surface area contributed by atoms with Gasteiger partial charge in [-0.05, 0) is 12.1 Å². The van der Waals surface area contributed by atoms with Gasteiger partial charge in [0.25, 0.3) is 5.91 Å². The highest BCUT2D eigenvalue weighted by atomic mass is 16.6. The number of ether oxygens (including phenoxy) is 1. The summed E-state index contributed by atoms with van der Waals surface area (Å²) >= 11 is 0. The van der Waals surface area contributed by atoms with Crippen LogP contribution in [0.5, 0.6) is 0 Å². The Morgan fingerprint density at radius 2 is 2.10 bits per heavy atom. The number of aliphatic hydroxyl groups is 1. The number of carbonyl (C=O) groups excluding carboxylic acids is 2. The van der Waals surface area contributed by atoms with Crippen molar-refractivity contribution in [1.29, 1.82) is 0 Å². The summed E-state index contributed by atoms with van der Waals surface area (Å²) in [6.45, 7) is -0.747. The van der Waals surface area contributed by atoms with Crippen LogP contribution < -0.4 is 5.32 Å². The first-order valence-corrected chi connectivity index (χ1v) is 6.16. The molecule has 2 aromatic rings. The number of hydrogen-bond donors (Lipinski definition) is 3. The summed E-state index contributed by atoms with van der Waals surface area (Å²) in [7, 11) is 0. The highest BCUT2D eigenvalue weighted by Gasteiger charge is 2.23. The van der Waals surface area contributed by atoms with Crippen molar-refractivity contribution < 1.29 is 19.4 Å². The Balaban J connectivity index is 2.08. The fraction of sp³-hybridized carbons (Fsp3) is 0.231. The number of carbonyl (C=O) groups is 2. The highest BCUT2D eigenvalue weighted by Crippen LogP contribution is 2.03. The van der Waals surface area contributed by atoms with Gasteiger partial charge in [0.1, 0.15) is 6.04 Å². The van der Waals surface area contributed by atoms with Crippen molar-refractivity contribution in [2.24, 2.45) is 0 Å². The minimum Gasteiger partial charge on any atom is -0.437 e. The lowest BCUT2D eigenvalue weighted by molar-refractivity contribution is -0.154. The fourth-order valence-corrected chi connectivity index (χ4v) is 1.72. The zero-order chi connectivity index (χ0) is 15.1. The topological polar surface area (TPSA) is 117 Å². The van der Waals surface area contributed by atoms with E-state index in [4.69, 9.17) is 5.11 Å². The SMILES string of the molecule is O=C(N[C@H](Cc1cnc[nH]1)C(=O)OCO)c1ccncc1. The van der Waals surface area contributed by atoms with Gasteiger partial charge < -0.3 is 20.1 Å². The van der Waals surface area contributed by atoms with Crippen molar-refractivity contribution in [1.82, 2.24) is 20.3 Å². The molecular formula is C13H14N4O4. The molecular weight excluding hydrogens is 276 g/mol. The Morgan fingerprint density at radius 1 is 1.33 bits per heavy atom. The maximum atomic E-state index is 12.1. The second-order valence-electron chi connectivity index (χ2n) is 4.14. The third-order valence-corrected chi connectivity index (χ3v) is 2.72. The van der Waals surface area contributed by atoms with Gasteiger partial charge in [-0.1, -0.05) is 0 Å². The summed E-state index contributed by atoms with van der Waals surface area (Å²) in [6, 6.07) is 2.12. The summed E-state index contributed by atoms with van der Waals surface area (Å²) < 4.78 is 4.54. The average molecular weight is 290 g/mol. The number of rotatable bonds is 6. The minimum atomic E-state index is -0.932. The van der Waals surface area contributed by atoms with Crippen molar-refractivity contribution in [3.8, 4) is 0 Å². The summed E-state index contributed by atoms with van der Waals surface area (Å²) in [6.07, 6.45) is 6.14. The largest absolute Gasteiger partial charge is 0.437 e. The number of nitrogens with zero attached hydrogens (tertiary/aromatic N) is 2. The summed E-state index contributed by atoms with van der Waals surface area (Å²) in [5.41, 5.74) is 1.03. The number of imidazole rings is 1. The molecule has 1 atom stereocenters. The molecule has 0 saturated carbocycles. The van der Waals surface area contributed by atoms with Gasteiger partial charge in [0.2, 0.25) is 0 Å². The molecule has 0 spiro atoms. The molecule has 0 unspecified atom stereocenters. The van der Waals surface area contributed by atoms with Crippen molar-refractivity contribution in [3.63, 3.8) is 0 Å². The van der Waals surface area contributed by atoms with Crippen LogP contribution in [-0.2, 0) is 16.0 Å². The van der Waals surface area contributed by atoms with E-state index in [-0.39, 0.29) is 6.42 Å². The molecule has 0 aliphatic rings. The van der Waals surface area contributed by atoms with Gasteiger partial charge >= 0.3 is 5.97 Å². The molecule has 8 heteroatoms. The van der Waals surface area contributed by atoms with E-state index in [1.807, 2.05) is 0 Å². The monoisotopic (exact) mass is 290 g/mol. The van der Waals surface area contributed by atoms with Gasteiger partial charge in [-0.25, -0.2) is 9.78 Å². The minimum absolute atomic E-state index is 0.176. The molecule has 0 aromatic carbocycles. The molecule has 2 rings (SSSR count). The van der Waals surface area contributed by atoms with Crippen LogP contribution in [0.4, 0.5) is 0 Å². The van der Waals surface area contributed by atoms with E-state index in [0.29, 0.717) is 11.3 Å². The molecule has 1 amide bonds. The quantitative estimate of drug-likeness (QED) is 0.494. The molecule has 2 aromatic heterocycles. The van der Waals surface area contributed by atoms with E-state index in [0.717, 1.165) is 0 Å². The standard InChI is InChI=1S/C13H14N4O4/c18-8-21-13(20)11(5-10-6-15-7-16-10)17-12(19)9-1-3-14-4-2-9/h1-4,6-7,11,18H,5,8H2,(H,15,16)(H,17,19)/t11-/m1/s1. The second kappa shape index (κ2) is 7.15. The van der Waals surface area contributed by atoms with Crippen molar-refractivity contribution >= 4 is 11.9 Å². The van der Waals surface area contributed by atoms with Crippen molar-refractivity contribution in [2.45, 2.75) is 12.5 Å². The molecule has 0 saturated heterocycles. The number of H-pyrrole nitrogens is 1. The molecule has 0 bridgehead atoms. The van der Waals surface area contributed by atoms with Crippen LogP contribution in [0.1, 0.15) is 16.1 Å².